The first-order valence-electron chi connectivity index (χ1n) is 10.6. The average molecular weight is 700 g/mol. The van der Waals surface area contributed by atoms with Gasteiger partial charge >= 0.3 is 0 Å². The molecule has 0 unspecified atom stereocenters. The molecular formula is C25H24Br4N4. The first-order chi connectivity index (χ1) is 15.9. The van der Waals surface area contributed by atoms with E-state index in [1.807, 2.05) is 0 Å². The van der Waals surface area contributed by atoms with E-state index in [4.69, 9.17) is 4.98 Å². The fraction of sp³-hybridized carbons (Fsp3) is 0.240. The number of hydrogen-bond donors (Lipinski definition) is 0. The molecule has 0 spiro atoms. The van der Waals surface area contributed by atoms with Crippen molar-refractivity contribution in [2.24, 2.45) is 0 Å². The SMILES string of the molecule is CN(C)CCN(Cc1ccccc1)c1nc2c(Br)c(Br)c(Br)c(Br)c2n1Cc1ccccc1. The van der Waals surface area contributed by atoms with Gasteiger partial charge in [0.1, 0.15) is 5.52 Å². The van der Waals surface area contributed by atoms with Gasteiger partial charge in [0.2, 0.25) is 5.95 Å². The zero-order valence-corrected chi connectivity index (χ0v) is 24.7. The molecule has 1 aromatic heterocycles. The Morgan fingerprint density at radius 2 is 1.30 bits per heavy atom. The fourth-order valence-electron chi connectivity index (χ4n) is 3.75. The van der Waals surface area contributed by atoms with Crippen LogP contribution >= 0.6 is 63.7 Å². The predicted octanol–water partition coefficient (Wildman–Crippen LogP) is 7.70. The molecule has 4 rings (SSSR count). The quantitative estimate of drug-likeness (QED) is 0.139. The van der Waals surface area contributed by atoms with Gasteiger partial charge in [-0.15, -0.1) is 0 Å². The summed E-state index contributed by atoms with van der Waals surface area (Å²) in [5.74, 6) is 0.950. The Labute approximate surface area is 228 Å². The van der Waals surface area contributed by atoms with Crippen molar-refractivity contribution in [2.45, 2.75) is 13.1 Å². The Hall–Kier alpha value is -1.19. The van der Waals surface area contributed by atoms with Crippen LogP contribution in [0.5, 0.6) is 0 Å². The molecule has 33 heavy (non-hydrogen) atoms. The van der Waals surface area contributed by atoms with Crippen LogP contribution in [-0.2, 0) is 13.1 Å². The second-order valence-corrected chi connectivity index (χ2v) is 11.3. The van der Waals surface area contributed by atoms with Gasteiger partial charge < -0.3 is 14.4 Å². The number of imidazole rings is 1. The molecule has 0 aliphatic rings. The molecule has 1 heterocycles. The lowest BCUT2D eigenvalue weighted by Gasteiger charge is -2.26. The molecule has 0 bridgehead atoms. The summed E-state index contributed by atoms with van der Waals surface area (Å²) in [5, 5.41) is 0. The van der Waals surface area contributed by atoms with E-state index in [0.29, 0.717) is 0 Å². The highest BCUT2D eigenvalue weighted by atomic mass is 79.9. The third-order valence-electron chi connectivity index (χ3n) is 5.44. The van der Waals surface area contributed by atoms with Crippen LogP contribution in [0.3, 0.4) is 0 Å². The molecule has 0 atom stereocenters. The van der Waals surface area contributed by atoms with Gasteiger partial charge in [-0.2, -0.15) is 0 Å². The summed E-state index contributed by atoms with van der Waals surface area (Å²) < 4.78 is 6.14. The Balaban J connectivity index is 1.91. The Kier molecular flexibility index (Phi) is 8.33. The smallest absolute Gasteiger partial charge is 0.207 e. The van der Waals surface area contributed by atoms with E-state index < -0.39 is 0 Å². The van der Waals surface area contributed by atoms with E-state index in [0.717, 1.165) is 61.1 Å². The van der Waals surface area contributed by atoms with Gasteiger partial charge in [0.15, 0.2) is 0 Å². The first kappa shape index (κ1) is 24.9. The van der Waals surface area contributed by atoms with E-state index in [9.17, 15) is 0 Å². The molecule has 0 amide bonds. The van der Waals surface area contributed by atoms with Crippen molar-refractivity contribution >= 4 is 80.7 Å². The van der Waals surface area contributed by atoms with Crippen molar-refractivity contribution in [1.82, 2.24) is 14.5 Å². The third-order valence-corrected chi connectivity index (χ3v) is 10.2. The van der Waals surface area contributed by atoms with Crippen LogP contribution in [0, 0.1) is 0 Å². The number of rotatable bonds is 8. The van der Waals surface area contributed by atoms with Gasteiger partial charge in [0, 0.05) is 28.6 Å². The summed E-state index contributed by atoms with van der Waals surface area (Å²) in [6.07, 6.45) is 0. The summed E-state index contributed by atoms with van der Waals surface area (Å²) in [4.78, 5) is 9.77. The van der Waals surface area contributed by atoms with E-state index in [-0.39, 0.29) is 0 Å². The molecule has 0 fully saturated rings. The lowest BCUT2D eigenvalue weighted by Crippen LogP contribution is -2.33. The number of hydrogen-bond acceptors (Lipinski definition) is 3. The number of fused-ring (bicyclic) bond motifs is 1. The summed E-state index contributed by atoms with van der Waals surface area (Å²) in [6, 6.07) is 21.1. The lowest BCUT2D eigenvalue weighted by molar-refractivity contribution is 0.411. The minimum atomic E-state index is 0.721. The topological polar surface area (TPSA) is 24.3 Å². The van der Waals surface area contributed by atoms with Gasteiger partial charge in [0.05, 0.1) is 21.0 Å². The standard InChI is InChI=1S/C25H24Br4N4/c1-31(2)13-14-32(15-17-9-5-3-6-10-17)25-30-23-21(28)19(26)20(27)22(29)24(23)33(25)16-18-11-7-4-8-12-18/h3-12H,13-16H2,1-2H3. The molecule has 172 valence electrons. The maximum Gasteiger partial charge on any atom is 0.207 e. The van der Waals surface area contributed by atoms with Crippen LogP contribution in [0.25, 0.3) is 11.0 Å². The monoisotopic (exact) mass is 696 g/mol. The molecule has 0 aliphatic carbocycles. The van der Waals surface area contributed by atoms with Crippen LogP contribution in [0.1, 0.15) is 11.1 Å². The highest BCUT2D eigenvalue weighted by Crippen LogP contribution is 2.44. The Morgan fingerprint density at radius 1 is 0.727 bits per heavy atom. The van der Waals surface area contributed by atoms with Crippen LogP contribution < -0.4 is 4.90 Å². The summed E-state index contributed by atoms with van der Waals surface area (Å²) in [6.45, 7) is 3.29. The summed E-state index contributed by atoms with van der Waals surface area (Å²) in [5.41, 5.74) is 4.46. The minimum absolute atomic E-state index is 0.721. The first-order valence-corrected chi connectivity index (χ1v) is 13.7. The molecule has 0 radical (unpaired) electrons. The van der Waals surface area contributed by atoms with E-state index >= 15 is 0 Å². The molecule has 3 aromatic carbocycles. The number of benzene rings is 3. The van der Waals surface area contributed by atoms with Crippen molar-refractivity contribution in [2.75, 3.05) is 32.1 Å². The number of halogens is 4. The van der Waals surface area contributed by atoms with E-state index in [1.54, 1.807) is 0 Å². The normalized spacial score (nSPS) is 11.5. The second kappa shape index (κ2) is 11.0. The summed E-state index contributed by atoms with van der Waals surface area (Å²) >= 11 is 15.0. The molecule has 4 aromatic rings. The van der Waals surface area contributed by atoms with Gasteiger partial charge in [-0.3, -0.25) is 0 Å². The Morgan fingerprint density at radius 3 is 1.91 bits per heavy atom. The largest absolute Gasteiger partial charge is 0.337 e. The molecule has 8 heteroatoms. The van der Waals surface area contributed by atoms with Gasteiger partial charge in [-0.25, -0.2) is 4.98 Å². The van der Waals surface area contributed by atoms with E-state index in [1.165, 1.54) is 11.1 Å². The highest BCUT2D eigenvalue weighted by Gasteiger charge is 2.24. The number of anilines is 1. The number of likely N-dealkylation sites (N-methyl/N-ethyl adjacent to an activating group) is 1. The van der Waals surface area contributed by atoms with Crippen LogP contribution in [0.2, 0.25) is 0 Å². The van der Waals surface area contributed by atoms with Gasteiger partial charge in [-0.1, -0.05) is 60.7 Å². The van der Waals surface area contributed by atoms with Crippen molar-refractivity contribution < 1.29 is 0 Å². The molecule has 0 saturated heterocycles. The molecule has 0 saturated carbocycles. The van der Waals surface area contributed by atoms with Crippen molar-refractivity contribution in [3.05, 3.63) is 89.7 Å². The lowest BCUT2D eigenvalue weighted by atomic mass is 10.2. The molecular weight excluding hydrogens is 676 g/mol. The number of nitrogens with zero attached hydrogens (tertiary/aromatic N) is 4. The summed E-state index contributed by atoms with van der Waals surface area (Å²) in [7, 11) is 4.21. The van der Waals surface area contributed by atoms with Crippen LogP contribution in [0.4, 0.5) is 5.95 Å². The molecule has 0 aliphatic heterocycles. The van der Waals surface area contributed by atoms with Crippen molar-refractivity contribution in [1.29, 1.82) is 0 Å². The number of aromatic nitrogens is 2. The maximum absolute atomic E-state index is 5.19. The Bertz CT molecular complexity index is 1240. The highest BCUT2D eigenvalue weighted by molar-refractivity contribution is 9.15. The van der Waals surface area contributed by atoms with E-state index in [2.05, 4.69) is 153 Å². The van der Waals surface area contributed by atoms with Gasteiger partial charge in [0.25, 0.3) is 0 Å². The van der Waals surface area contributed by atoms with Crippen LogP contribution in [0.15, 0.2) is 78.6 Å². The van der Waals surface area contributed by atoms with Crippen molar-refractivity contribution in [3.63, 3.8) is 0 Å². The molecule has 4 nitrogen and oxygen atoms in total. The second-order valence-electron chi connectivity index (χ2n) is 8.15. The zero-order valence-electron chi connectivity index (χ0n) is 18.4. The van der Waals surface area contributed by atoms with Crippen molar-refractivity contribution in [3.8, 4) is 0 Å². The van der Waals surface area contributed by atoms with Gasteiger partial charge in [-0.05, 0) is 88.9 Å². The maximum atomic E-state index is 5.19. The average Bonchev–Trinajstić information content (AvgIpc) is 3.19. The molecule has 0 N–H and O–H groups in total. The minimum Gasteiger partial charge on any atom is -0.337 e. The zero-order chi connectivity index (χ0) is 23.5. The predicted molar refractivity (Wildman–Crippen MR) is 152 cm³/mol. The fourth-order valence-corrected chi connectivity index (χ4v) is 6.13. The third kappa shape index (κ3) is 5.56. The van der Waals surface area contributed by atoms with Crippen LogP contribution in [-0.4, -0.2) is 41.6 Å².